The molecular weight excluding hydrogens is 1160 g/mol. The number of unbranched alkanes of at least 4 members (excludes halogenated alkanes) is 3. The summed E-state index contributed by atoms with van der Waals surface area (Å²) in [5, 5.41) is 91.4. The number of carbonyl (C=O) groups excluding carboxylic acids is 7. The Labute approximate surface area is 517 Å². The molecule has 28 nitrogen and oxygen atoms in total. The minimum Gasteiger partial charge on any atom is -0.504 e. The number of ether oxygens (including phenoxy) is 3. The molecule has 4 aliphatic heterocycles. The number of aromatic hydroxyl groups is 1. The number of aliphatic hydroxyl groups excluding tert-OH is 6. The summed E-state index contributed by atoms with van der Waals surface area (Å²) in [5.74, 6) is -7.70. The number of nitrogens with one attached hydrogen (secondary N) is 5. The van der Waals surface area contributed by atoms with E-state index in [0.717, 1.165) is 59.2 Å². The monoisotopic (exact) mass is 1250 g/mol. The first-order valence-electron chi connectivity index (χ1n) is 30.5. The van der Waals surface area contributed by atoms with Crippen LogP contribution >= 0.6 is 0 Å². The lowest BCUT2D eigenvalue weighted by Crippen LogP contribution is -2.64. The molecule has 16 N–H and O–H groups in total. The number of hydrogen-bond donors (Lipinski definition) is 14. The van der Waals surface area contributed by atoms with Gasteiger partial charge in [-0.25, -0.2) is 0 Å². The molecule has 3 aromatic carbocycles. The molecule has 0 aliphatic carbocycles. The molecule has 0 radical (unpaired) electrons. The van der Waals surface area contributed by atoms with Crippen molar-refractivity contribution in [1.29, 1.82) is 0 Å². The Morgan fingerprint density at radius 3 is 1.92 bits per heavy atom. The van der Waals surface area contributed by atoms with Gasteiger partial charge in [0.15, 0.2) is 11.5 Å². The molecule has 3 aromatic rings. The van der Waals surface area contributed by atoms with E-state index in [1.807, 2.05) is 24.3 Å². The normalized spacial score (nSPS) is 26.2. The average molecular weight is 1250 g/mol. The fourth-order valence-corrected chi connectivity index (χ4v) is 11.5. The molecule has 0 bridgehead atoms. The third kappa shape index (κ3) is 18.4. The van der Waals surface area contributed by atoms with E-state index in [0.29, 0.717) is 32.8 Å². The first kappa shape index (κ1) is 69.1. The van der Waals surface area contributed by atoms with Crippen molar-refractivity contribution in [1.82, 2.24) is 36.4 Å². The fourth-order valence-electron chi connectivity index (χ4n) is 11.5. The molecule has 7 amide bonds. The van der Waals surface area contributed by atoms with Gasteiger partial charge >= 0.3 is 0 Å². The predicted octanol–water partition coefficient (Wildman–Crippen LogP) is -3.06. The highest BCUT2D eigenvalue weighted by atomic mass is 16.5. The molecule has 0 spiro atoms. The van der Waals surface area contributed by atoms with E-state index in [2.05, 4.69) is 36.4 Å². The smallest absolute Gasteiger partial charge is 0.251 e. The average Bonchev–Trinajstić information content (AvgIpc) is 2.14. The molecule has 0 aromatic heterocycles. The number of amides is 7. The van der Waals surface area contributed by atoms with Gasteiger partial charge in [-0.05, 0) is 105 Å². The van der Waals surface area contributed by atoms with Gasteiger partial charge in [-0.3, -0.25) is 33.6 Å². The molecule has 28 heteroatoms. The van der Waals surface area contributed by atoms with E-state index in [4.69, 9.17) is 25.7 Å². The Balaban J connectivity index is 1.12. The summed E-state index contributed by atoms with van der Waals surface area (Å²) >= 11 is 0. The van der Waals surface area contributed by atoms with Crippen LogP contribution < -0.4 is 57.3 Å². The molecular formula is C61H89N11O17. The number of β-amino-alcohol motifs (C(OH)–C–C–N with tert-alkyl or cyclic N) is 1. The van der Waals surface area contributed by atoms with Gasteiger partial charge in [0.2, 0.25) is 35.4 Å². The second-order valence-electron chi connectivity index (χ2n) is 23.3. The molecule has 490 valence electrons. The Morgan fingerprint density at radius 2 is 1.29 bits per heavy atom. The number of phenolic OH excluding ortho intramolecular Hbond substituents is 1. The minimum absolute atomic E-state index is 0.00129. The van der Waals surface area contributed by atoms with Gasteiger partial charge in [0.25, 0.3) is 5.91 Å². The zero-order valence-corrected chi connectivity index (χ0v) is 50.7. The third-order valence-corrected chi connectivity index (χ3v) is 16.5. The number of nitrogens with two attached hydrogens (primary N) is 2. The number of methoxy groups -OCH3 is 1. The van der Waals surface area contributed by atoms with Crippen LogP contribution in [0.3, 0.4) is 0 Å². The Kier molecular flexibility index (Phi) is 25.5. The van der Waals surface area contributed by atoms with Crippen LogP contribution in [0.5, 0.6) is 17.2 Å². The summed E-state index contributed by atoms with van der Waals surface area (Å²) in [5.41, 5.74) is 13.6. The summed E-state index contributed by atoms with van der Waals surface area (Å²) in [7, 11) is 1.70. The maximum absolute atomic E-state index is 14.7. The van der Waals surface area contributed by atoms with Crippen LogP contribution in [0.4, 0.5) is 11.4 Å². The number of benzene rings is 3. The second-order valence-corrected chi connectivity index (χ2v) is 23.3. The molecule has 0 saturated carbocycles. The molecule has 4 heterocycles. The van der Waals surface area contributed by atoms with Crippen molar-refractivity contribution in [2.45, 2.75) is 138 Å². The van der Waals surface area contributed by atoms with Gasteiger partial charge in [0, 0.05) is 108 Å². The number of piperazine rings is 1. The van der Waals surface area contributed by atoms with Gasteiger partial charge in [0.1, 0.15) is 48.6 Å². The maximum atomic E-state index is 14.7. The van der Waals surface area contributed by atoms with Crippen LogP contribution in [0.1, 0.15) is 74.7 Å². The quantitative estimate of drug-likeness (QED) is 0.0444. The number of nitrogens with zero attached hydrogens (tertiary/aromatic N) is 4. The Bertz CT molecular complexity index is 2850. The van der Waals surface area contributed by atoms with Gasteiger partial charge in [-0.15, -0.1) is 0 Å². The maximum Gasteiger partial charge on any atom is 0.251 e. The summed E-state index contributed by atoms with van der Waals surface area (Å²) < 4.78 is 16.6. The van der Waals surface area contributed by atoms with E-state index in [1.54, 1.807) is 38.3 Å². The lowest BCUT2D eigenvalue weighted by atomic mass is 9.98. The van der Waals surface area contributed by atoms with Crippen LogP contribution in [0.15, 0.2) is 66.7 Å². The largest absolute Gasteiger partial charge is 0.504 e. The first-order chi connectivity index (χ1) is 42.6. The molecule has 7 rings (SSSR count). The standard InChI is InChI=1S/C61H89N11O17/c1-35-33-72-53(54(35)79)59(84)64-32-41(74)30-44(65-55(80)38-9-11-39(12-10-38)69-21-23-70(24-22-69)40-13-15-43(16-14-40)88-26-7-5-4-6-25-87-3)56(81)66-50(36(2)73)60(85)71-34-42(75)31-45(71)57(82)67-51(58(83)68-52(61(72)86)47(77)18-19-62)48(78)28-37-8-17-46(76)49(29-37)89-27-20-63/h8-17,29,35-36,41-42,44-45,47-48,50-54,73-79H,4-7,18-28,30-34,62-63H2,1-3H3,(H,64,84)(H,65,80)(H,66,81)(H,67,82)(H,68,83)/t35-,36+,41+,42+,44-,45-,47+,48+,50-,51-,52-,53-,54-/m0/s1. The van der Waals surface area contributed by atoms with E-state index in [9.17, 15) is 69.3 Å². The molecule has 4 saturated heterocycles. The summed E-state index contributed by atoms with van der Waals surface area (Å²) in [6, 6.07) is 7.77. The third-order valence-electron chi connectivity index (χ3n) is 16.5. The Hall–Kier alpha value is -7.41. The van der Waals surface area contributed by atoms with Gasteiger partial charge in [-0.2, -0.15) is 0 Å². The number of rotatable bonds is 22. The van der Waals surface area contributed by atoms with Crippen molar-refractivity contribution < 1.29 is 83.5 Å². The highest BCUT2D eigenvalue weighted by molar-refractivity contribution is 6.00. The van der Waals surface area contributed by atoms with Crippen LogP contribution in [-0.4, -0.2) is 246 Å². The summed E-state index contributed by atoms with van der Waals surface area (Å²) in [4.78, 5) is 108. The van der Waals surface area contributed by atoms with Crippen LogP contribution in [0, 0.1) is 5.92 Å². The predicted molar refractivity (Wildman–Crippen MR) is 324 cm³/mol. The van der Waals surface area contributed by atoms with Crippen LogP contribution in [0.2, 0.25) is 0 Å². The lowest BCUT2D eigenvalue weighted by molar-refractivity contribution is -0.147. The van der Waals surface area contributed by atoms with E-state index in [-0.39, 0.29) is 55.3 Å². The number of fused-ring (bicyclic) bond motifs is 2. The van der Waals surface area contributed by atoms with Gasteiger partial charge < -0.3 is 108 Å². The molecule has 4 fully saturated rings. The highest BCUT2D eigenvalue weighted by Crippen LogP contribution is 2.30. The van der Waals surface area contributed by atoms with Crippen LogP contribution in [-0.2, 0) is 39.9 Å². The van der Waals surface area contributed by atoms with Crippen molar-refractivity contribution in [3.05, 3.63) is 77.9 Å². The lowest BCUT2D eigenvalue weighted by Gasteiger charge is -2.37. The Morgan fingerprint density at radius 1 is 0.674 bits per heavy atom. The van der Waals surface area contributed by atoms with Crippen molar-refractivity contribution >= 4 is 52.7 Å². The molecule has 0 unspecified atom stereocenters. The minimum atomic E-state index is -2.03. The van der Waals surface area contributed by atoms with E-state index >= 15 is 0 Å². The number of phenols is 1. The topological polar surface area (TPSA) is 414 Å². The second kappa shape index (κ2) is 32.9. The van der Waals surface area contributed by atoms with Crippen molar-refractivity contribution in [2.24, 2.45) is 17.4 Å². The van der Waals surface area contributed by atoms with Gasteiger partial charge in [-0.1, -0.05) is 19.4 Å². The fraction of sp³-hybridized carbons (Fsp3) is 0.590. The summed E-state index contributed by atoms with van der Waals surface area (Å²) in [6.45, 7) is 5.28. The van der Waals surface area contributed by atoms with E-state index < -0.39 is 152 Å². The number of carbonyl (C=O) groups is 7. The number of aliphatic hydroxyl groups is 6. The van der Waals surface area contributed by atoms with Crippen molar-refractivity contribution in [3.8, 4) is 17.2 Å². The highest BCUT2D eigenvalue weighted by Gasteiger charge is 2.50. The van der Waals surface area contributed by atoms with Gasteiger partial charge in [0.05, 0.1) is 43.2 Å². The SMILES string of the molecule is COCCCCCCOc1ccc(N2CCN(c3ccc(C(=O)N[C@H]4C[C@@H](O)CNC(=O)[C@@H]5[C@@H](O)[C@@H](C)CN5C(=O)[C@H]([C@H](O)CCN)NC(=O)[C@H]([C@H](O)Cc5ccc(O)c(OCCN)c5)NC(=O)[C@@H]5C[C@@H](O)CN5C(=O)[C@H]([C@@H](C)O)NC4=O)cc3)CC2)cc1. The zero-order chi connectivity index (χ0) is 64.5. The van der Waals surface area contributed by atoms with E-state index in [1.165, 1.54) is 25.1 Å². The molecule has 89 heavy (non-hydrogen) atoms. The molecule has 13 atom stereocenters. The molecule has 4 aliphatic rings. The number of anilines is 2. The van der Waals surface area contributed by atoms with Crippen LogP contribution in [0.25, 0.3) is 0 Å². The number of hydrogen-bond acceptors (Lipinski definition) is 21. The van der Waals surface area contributed by atoms with Crippen molar-refractivity contribution in [3.63, 3.8) is 0 Å². The first-order valence-corrected chi connectivity index (χ1v) is 30.5. The summed E-state index contributed by atoms with van der Waals surface area (Å²) in [6.07, 6.45) is -7.58. The van der Waals surface area contributed by atoms with Crippen molar-refractivity contribution in [2.75, 3.05) is 95.6 Å². The zero-order valence-electron chi connectivity index (χ0n) is 50.7.